The Morgan fingerprint density at radius 3 is 2.59 bits per heavy atom. The second kappa shape index (κ2) is 8.71. The molecule has 8 heteroatoms. The lowest BCUT2D eigenvalue weighted by Gasteiger charge is -2.36. The largest absolute Gasteiger partial charge is 0.366 e. The molecule has 1 saturated heterocycles. The van der Waals surface area contributed by atoms with Crippen molar-refractivity contribution in [2.24, 2.45) is 0 Å². The van der Waals surface area contributed by atoms with Crippen molar-refractivity contribution in [1.82, 2.24) is 9.88 Å². The lowest BCUT2D eigenvalue weighted by molar-refractivity contribution is -0.128. The summed E-state index contributed by atoms with van der Waals surface area (Å²) in [6.07, 6.45) is 1.64. The molecule has 0 unspecified atom stereocenters. The molecule has 1 aliphatic heterocycles. The quantitative estimate of drug-likeness (QED) is 0.560. The number of halogens is 2. The molecule has 2 aromatic rings. The maximum absolute atomic E-state index is 14.3. The number of rotatable bonds is 5. The summed E-state index contributed by atoms with van der Waals surface area (Å²) in [5.74, 6) is -0.309. The Morgan fingerprint density at radius 1 is 1.22 bits per heavy atom. The molecule has 0 N–H and O–H groups in total. The van der Waals surface area contributed by atoms with Crippen molar-refractivity contribution < 1.29 is 14.0 Å². The zero-order chi connectivity index (χ0) is 19.4. The van der Waals surface area contributed by atoms with Gasteiger partial charge in [0.2, 0.25) is 5.91 Å². The summed E-state index contributed by atoms with van der Waals surface area (Å²) in [6.45, 7) is 3.52. The van der Waals surface area contributed by atoms with Crippen LogP contribution in [-0.4, -0.2) is 53.5 Å². The van der Waals surface area contributed by atoms with Crippen LogP contribution in [0.5, 0.6) is 0 Å². The van der Waals surface area contributed by atoms with Crippen LogP contribution in [0.4, 0.5) is 10.1 Å². The van der Waals surface area contributed by atoms with Gasteiger partial charge in [-0.1, -0.05) is 23.4 Å². The highest BCUT2D eigenvalue weighted by Crippen LogP contribution is 2.25. The van der Waals surface area contributed by atoms with E-state index >= 15 is 0 Å². The van der Waals surface area contributed by atoms with Gasteiger partial charge >= 0.3 is 0 Å². The van der Waals surface area contributed by atoms with Crippen molar-refractivity contribution in [2.75, 3.05) is 36.8 Å². The molecule has 1 aliphatic rings. The summed E-state index contributed by atoms with van der Waals surface area (Å²) in [4.78, 5) is 31.6. The molecule has 1 aromatic heterocycles. The molecular weight excluding hydrogens is 389 g/mol. The molecule has 0 radical (unpaired) electrons. The number of nitrogens with zero attached hydrogens (tertiary/aromatic N) is 3. The molecule has 0 bridgehead atoms. The van der Waals surface area contributed by atoms with E-state index in [4.69, 9.17) is 11.6 Å². The second-order valence-electron chi connectivity index (χ2n) is 6.17. The van der Waals surface area contributed by atoms with Gasteiger partial charge in [-0.05, 0) is 37.3 Å². The maximum Gasteiger partial charge on any atom is 0.233 e. The number of carbonyl (C=O) groups excluding carboxylic acids is 2. The van der Waals surface area contributed by atoms with Crippen LogP contribution < -0.4 is 4.90 Å². The molecule has 0 spiro atoms. The molecule has 1 aromatic carbocycles. The Labute approximate surface area is 166 Å². The normalized spacial score (nSPS) is 14.3. The predicted octanol–water partition coefficient (Wildman–Crippen LogP) is 3.52. The number of aromatic nitrogens is 1. The van der Waals surface area contributed by atoms with Gasteiger partial charge in [0.1, 0.15) is 10.8 Å². The number of Topliss-reactive ketones (excluding diaryl/α,β-unsaturated/α-hetero) is 1. The number of carbonyl (C=O) groups is 2. The molecule has 27 heavy (non-hydrogen) atoms. The predicted molar refractivity (Wildman–Crippen MR) is 105 cm³/mol. The minimum Gasteiger partial charge on any atom is -0.366 e. The number of thioether (sulfide) groups is 1. The summed E-state index contributed by atoms with van der Waals surface area (Å²) >= 11 is 7.37. The first kappa shape index (κ1) is 19.6. The van der Waals surface area contributed by atoms with E-state index in [1.54, 1.807) is 35.4 Å². The fourth-order valence-electron chi connectivity index (χ4n) is 2.88. The lowest BCUT2D eigenvalue weighted by atomic mass is 10.1. The summed E-state index contributed by atoms with van der Waals surface area (Å²) in [7, 11) is 0. The van der Waals surface area contributed by atoms with Crippen LogP contribution >= 0.6 is 23.4 Å². The number of ketones is 1. The fourth-order valence-corrected chi connectivity index (χ4v) is 3.95. The molecule has 142 valence electrons. The second-order valence-corrected chi connectivity index (χ2v) is 7.54. The van der Waals surface area contributed by atoms with Gasteiger partial charge in [-0.25, -0.2) is 9.37 Å². The molecule has 3 rings (SSSR count). The van der Waals surface area contributed by atoms with Gasteiger partial charge in [0.05, 0.1) is 16.5 Å². The SMILES string of the molecule is CC(=O)c1ccc(N2CCN(C(=O)CSc3ncccc3Cl)CC2)c(F)c1. The van der Waals surface area contributed by atoms with Crippen LogP contribution in [0.2, 0.25) is 5.02 Å². The van der Waals surface area contributed by atoms with Gasteiger partial charge in [-0.15, -0.1) is 0 Å². The van der Waals surface area contributed by atoms with Crippen LogP contribution in [0, 0.1) is 5.82 Å². The van der Waals surface area contributed by atoms with Gasteiger partial charge in [-0.3, -0.25) is 9.59 Å². The number of amides is 1. The number of piperazine rings is 1. The van der Waals surface area contributed by atoms with E-state index in [1.165, 1.54) is 24.8 Å². The monoisotopic (exact) mass is 407 g/mol. The van der Waals surface area contributed by atoms with E-state index in [0.717, 1.165) is 0 Å². The van der Waals surface area contributed by atoms with Crippen molar-refractivity contribution in [3.05, 3.63) is 52.9 Å². The highest BCUT2D eigenvalue weighted by molar-refractivity contribution is 8.00. The Kier molecular flexibility index (Phi) is 6.34. The van der Waals surface area contributed by atoms with Gasteiger partial charge in [0.25, 0.3) is 0 Å². The first-order valence-corrected chi connectivity index (χ1v) is 9.88. The minimum absolute atomic E-state index is 0.00812. The van der Waals surface area contributed by atoms with E-state index in [0.29, 0.717) is 47.5 Å². The highest BCUT2D eigenvalue weighted by atomic mass is 35.5. The third kappa shape index (κ3) is 4.78. The summed E-state index contributed by atoms with van der Waals surface area (Å²) in [5, 5.41) is 1.17. The van der Waals surface area contributed by atoms with Gasteiger partial charge in [-0.2, -0.15) is 0 Å². The average molecular weight is 408 g/mol. The molecule has 1 fully saturated rings. The van der Waals surface area contributed by atoms with Gasteiger partial charge in [0.15, 0.2) is 5.78 Å². The standard InChI is InChI=1S/C19H19ClFN3O2S/c1-13(25)14-4-5-17(16(21)11-14)23-7-9-24(10-8-23)18(26)12-27-19-15(20)3-2-6-22-19/h2-6,11H,7-10,12H2,1H3. The molecule has 5 nitrogen and oxygen atoms in total. The number of hydrogen-bond acceptors (Lipinski definition) is 5. The van der Waals surface area contributed by atoms with Crippen LogP contribution in [-0.2, 0) is 4.79 Å². The molecule has 0 atom stereocenters. The van der Waals surface area contributed by atoms with Gasteiger partial charge in [0, 0.05) is 37.9 Å². The van der Waals surface area contributed by atoms with Crippen molar-refractivity contribution in [3.8, 4) is 0 Å². The molecule has 1 amide bonds. The van der Waals surface area contributed by atoms with Gasteiger partial charge < -0.3 is 9.80 Å². The maximum atomic E-state index is 14.3. The van der Waals surface area contributed by atoms with E-state index < -0.39 is 5.82 Å². The van der Waals surface area contributed by atoms with Crippen LogP contribution in [0.3, 0.4) is 0 Å². The zero-order valence-electron chi connectivity index (χ0n) is 14.8. The number of pyridine rings is 1. The highest BCUT2D eigenvalue weighted by Gasteiger charge is 2.23. The summed E-state index contributed by atoms with van der Waals surface area (Å²) in [5.41, 5.74) is 0.817. The van der Waals surface area contributed by atoms with Crippen molar-refractivity contribution >= 4 is 40.7 Å². The lowest BCUT2D eigenvalue weighted by Crippen LogP contribution is -2.49. The molecule has 2 heterocycles. The van der Waals surface area contributed by atoms with Crippen molar-refractivity contribution in [1.29, 1.82) is 0 Å². The third-order valence-electron chi connectivity index (χ3n) is 4.38. The number of benzene rings is 1. The molecule has 0 saturated carbocycles. The smallest absolute Gasteiger partial charge is 0.233 e. The summed E-state index contributed by atoms with van der Waals surface area (Å²) < 4.78 is 14.3. The number of hydrogen-bond donors (Lipinski definition) is 0. The minimum atomic E-state index is -0.414. The van der Waals surface area contributed by atoms with E-state index in [2.05, 4.69) is 4.98 Å². The Bertz CT molecular complexity index is 857. The topological polar surface area (TPSA) is 53.5 Å². The zero-order valence-corrected chi connectivity index (χ0v) is 16.4. The Morgan fingerprint density at radius 2 is 1.96 bits per heavy atom. The van der Waals surface area contributed by atoms with Crippen LogP contribution in [0.15, 0.2) is 41.6 Å². The number of anilines is 1. The molecule has 0 aliphatic carbocycles. The molecular formula is C19H19ClFN3O2S. The third-order valence-corrected chi connectivity index (χ3v) is 5.79. The first-order chi connectivity index (χ1) is 13.0. The average Bonchev–Trinajstić information content (AvgIpc) is 2.67. The van der Waals surface area contributed by atoms with Crippen LogP contribution in [0.25, 0.3) is 0 Å². The van der Waals surface area contributed by atoms with E-state index in [1.807, 2.05) is 4.90 Å². The Balaban J connectivity index is 1.55. The van der Waals surface area contributed by atoms with Crippen molar-refractivity contribution in [3.63, 3.8) is 0 Å². The van der Waals surface area contributed by atoms with E-state index in [9.17, 15) is 14.0 Å². The Hall–Kier alpha value is -2.12. The first-order valence-electron chi connectivity index (χ1n) is 8.52. The summed E-state index contributed by atoms with van der Waals surface area (Å²) in [6, 6.07) is 8.01. The fraction of sp³-hybridized carbons (Fsp3) is 0.316. The van der Waals surface area contributed by atoms with E-state index in [-0.39, 0.29) is 17.4 Å². The van der Waals surface area contributed by atoms with Crippen LogP contribution in [0.1, 0.15) is 17.3 Å². The van der Waals surface area contributed by atoms with Crippen molar-refractivity contribution in [2.45, 2.75) is 11.9 Å².